The molecule has 0 amide bonds. The van der Waals surface area contributed by atoms with E-state index in [1.807, 2.05) is 0 Å². The van der Waals surface area contributed by atoms with E-state index in [0.29, 0.717) is 35.3 Å². The van der Waals surface area contributed by atoms with Crippen molar-refractivity contribution in [3.8, 4) is 0 Å². The number of thiazole rings is 1. The van der Waals surface area contributed by atoms with Crippen LogP contribution >= 0.6 is 22.9 Å². The van der Waals surface area contributed by atoms with Crippen LogP contribution in [0.5, 0.6) is 0 Å². The average molecular weight is 525 g/mol. The zero-order valence-electron chi connectivity index (χ0n) is 18.6. The molecule has 1 aromatic carbocycles. The zero-order chi connectivity index (χ0) is 24.9. The highest BCUT2D eigenvalue weighted by Gasteiger charge is 2.36. The molecule has 2 aliphatic rings. The minimum Gasteiger partial charge on any atom is -0.463 e. The predicted octanol–water partition coefficient (Wildman–Crippen LogP) is 3.20. The molecule has 13 heteroatoms. The summed E-state index contributed by atoms with van der Waals surface area (Å²) >= 11 is 7.71. The molecule has 3 heterocycles. The second-order valence-corrected chi connectivity index (χ2v) is 8.81. The number of halogens is 2. The van der Waals surface area contributed by atoms with E-state index in [1.165, 1.54) is 23.5 Å². The molecule has 186 valence electrons. The van der Waals surface area contributed by atoms with Gasteiger partial charge < -0.3 is 24.6 Å². The number of rotatable bonds is 7. The quantitative estimate of drug-likeness (QED) is 0.525. The summed E-state index contributed by atoms with van der Waals surface area (Å²) in [5, 5.41) is 14.7. The second kappa shape index (κ2) is 11.1. The molecule has 0 unspecified atom stereocenters. The van der Waals surface area contributed by atoms with Crippen LogP contribution in [0.4, 0.5) is 9.18 Å². The third kappa shape index (κ3) is 5.78. The Morgan fingerprint density at radius 1 is 1.43 bits per heavy atom. The van der Waals surface area contributed by atoms with Gasteiger partial charge in [-0.1, -0.05) is 17.7 Å². The van der Waals surface area contributed by atoms with Gasteiger partial charge in [0.05, 0.1) is 25.4 Å². The average Bonchev–Trinajstić information content (AvgIpc) is 3.35. The largest absolute Gasteiger partial charge is 0.507 e. The number of nitrogens with one attached hydrogen (secondary N) is 1. The van der Waals surface area contributed by atoms with Crippen molar-refractivity contribution < 1.29 is 33.3 Å². The van der Waals surface area contributed by atoms with E-state index in [9.17, 15) is 14.0 Å². The normalized spacial score (nSPS) is 20.7. The molecule has 1 fully saturated rings. The van der Waals surface area contributed by atoms with Gasteiger partial charge >= 0.3 is 12.1 Å². The Morgan fingerprint density at radius 2 is 2.26 bits per heavy atom. The SMILES string of the molecule is CCOC(=O)C1=C(CN2CCOC[C@@H]2OC(=O)O)NC(c2nccs2)=N[C@H]1c1ccc(F)cc1Cl. The first kappa shape index (κ1) is 25.0. The molecule has 0 saturated carbocycles. The topological polar surface area (TPSA) is 123 Å². The third-order valence-electron chi connectivity index (χ3n) is 5.30. The summed E-state index contributed by atoms with van der Waals surface area (Å²) in [7, 11) is 0. The number of benzene rings is 1. The number of amidine groups is 1. The van der Waals surface area contributed by atoms with Crippen LogP contribution in [0.3, 0.4) is 0 Å². The smallest absolute Gasteiger partial charge is 0.463 e. The van der Waals surface area contributed by atoms with Crippen molar-refractivity contribution in [3.63, 3.8) is 0 Å². The summed E-state index contributed by atoms with van der Waals surface area (Å²) in [6, 6.07) is 2.94. The van der Waals surface area contributed by atoms with E-state index >= 15 is 0 Å². The van der Waals surface area contributed by atoms with E-state index in [4.69, 9.17) is 35.9 Å². The number of hydrogen-bond acceptors (Lipinski definition) is 10. The van der Waals surface area contributed by atoms with Gasteiger partial charge in [0.25, 0.3) is 0 Å². The van der Waals surface area contributed by atoms with Gasteiger partial charge in [-0.05, 0) is 19.1 Å². The molecule has 2 aromatic rings. The van der Waals surface area contributed by atoms with Gasteiger partial charge in [0.1, 0.15) is 11.9 Å². The lowest BCUT2D eigenvalue weighted by molar-refractivity contribution is -0.139. The van der Waals surface area contributed by atoms with Crippen LogP contribution in [0, 0.1) is 5.82 Å². The Bertz CT molecular complexity index is 1160. The maximum Gasteiger partial charge on any atom is 0.507 e. The summed E-state index contributed by atoms with van der Waals surface area (Å²) < 4.78 is 29.5. The van der Waals surface area contributed by atoms with E-state index in [1.54, 1.807) is 23.4 Å². The van der Waals surface area contributed by atoms with Crippen LogP contribution in [0.1, 0.15) is 23.5 Å². The van der Waals surface area contributed by atoms with Gasteiger partial charge in [-0.15, -0.1) is 11.3 Å². The maximum atomic E-state index is 13.8. The van der Waals surface area contributed by atoms with Crippen molar-refractivity contribution in [1.82, 2.24) is 15.2 Å². The highest BCUT2D eigenvalue weighted by atomic mass is 35.5. The summed E-state index contributed by atoms with van der Waals surface area (Å²) in [5.74, 6) is -0.774. The van der Waals surface area contributed by atoms with Gasteiger partial charge in [0.15, 0.2) is 17.1 Å². The molecule has 2 N–H and O–H groups in total. The first-order valence-electron chi connectivity index (χ1n) is 10.7. The second-order valence-electron chi connectivity index (χ2n) is 7.50. The molecule has 1 aromatic heterocycles. The zero-order valence-corrected chi connectivity index (χ0v) is 20.1. The van der Waals surface area contributed by atoms with E-state index in [2.05, 4.69) is 10.3 Å². The Hall–Kier alpha value is -3.06. The number of aliphatic imine (C=N–C) groups is 1. The lowest BCUT2D eigenvalue weighted by Crippen LogP contribution is -2.50. The summed E-state index contributed by atoms with van der Waals surface area (Å²) in [5.41, 5.74) is 0.987. The number of carbonyl (C=O) groups is 2. The Kier molecular flexibility index (Phi) is 7.96. The first-order valence-corrected chi connectivity index (χ1v) is 11.9. The van der Waals surface area contributed by atoms with Gasteiger partial charge in [-0.2, -0.15) is 0 Å². The monoisotopic (exact) mass is 524 g/mol. The fourth-order valence-electron chi connectivity index (χ4n) is 3.79. The minimum absolute atomic E-state index is 0.0367. The molecule has 0 spiro atoms. The van der Waals surface area contributed by atoms with Crippen LogP contribution in [0.25, 0.3) is 0 Å². The highest BCUT2D eigenvalue weighted by molar-refractivity contribution is 7.11. The molecule has 10 nitrogen and oxygen atoms in total. The number of hydrogen-bond donors (Lipinski definition) is 2. The molecule has 1 saturated heterocycles. The standard InChI is InChI=1S/C22H22ClFN4O6S/c1-2-33-21(29)17-15(10-28-6-7-32-11-16(28)34-22(30)31)26-19(20-25-5-8-35-20)27-18(17)13-4-3-12(24)9-14(13)23/h3-5,8-9,16,18H,2,6-7,10-11H2,1H3,(H,26,27)(H,30,31)/t16-,18-/m0/s1. The van der Waals surface area contributed by atoms with Gasteiger partial charge in [-0.3, -0.25) is 9.89 Å². The van der Waals surface area contributed by atoms with Gasteiger partial charge in [-0.25, -0.2) is 19.0 Å². The number of nitrogens with zero attached hydrogens (tertiary/aromatic N) is 3. The van der Waals surface area contributed by atoms with Crippen molar-refractivity contribution in [1.29, 1.82) is 0 Å². The molecule has 0 aliphatic carbocycles. The molecule has 0 bridgehead atoms. The molecule has 2 atom stereocenters. The number of carbonyl (C=O) groups excluding carboxylic acids is 1. The van der Waals surface area contributed by atoms with Crippen molar-refractivity contribution in [3.05, 3.63) is 62.5 Å². The number of ether oxygens (including phenoxy) is 3. The Balaban J connectivity index is 1.81. The number of aromatic nitrogens is 1. The summed E-state index contributed by atoms with van der Waals surface area (Å²) in [4.78, 5) is 35.1. The van der Waals surface area contributed by atoms with Crippen LogP contribution in [-0.2, 0) is 19.0 Å². The Morgan fingerprint density at radius 3 is 2.94 bits per heavy atom. The number of carboxylic acid groups (broad SMARTS) is 1. The van der Waals surface area contributed by atoms with Crippen LogP contribution < -0.4 is 5.32 Å². The predicted molar refractivity (Wildman–Crippen MR) is 125 cm³/mol. The molecular formula is C22H22ClFN4O6S. The van der Waals surface area contributed by atoms with E-state index < -0.39 is 30.2 Å². The molecule has 4 rings (SSSR count). The number of esters is 1. The third-order valence-corrected chi connectivity index (χ3v) is 6.41. The van der Waals surface area contributed by atoms with Crippen molar-refractivity contribution in [2.24, 2.45) is 4.99 Å². The lowest BCUT2D eigenvalue weighted by Gasteiger charge is -2.36. The molecule has 0 radical (unpaired) electrons. The molecule has 35 heavy (non-hydrogen) atoms. The van der Waals surface area contributed by atoms with Crippen molar-refractivity contribution in [2.75, 3.05) is 32.9 Å². The highest BCUT2D eigenvalue weighted by Crippen LogP contribution is 2.37. The van der Waals surface area contributed by atoms with Gasteiger partial charge in [0.2, 0.25) is 0 Å². The number of morpholine rings is 1. The van der Waals surface area contributed by atoms with Crippen LogP contribution in [0.15, 0.2) is 46.0 Å². The lowest BCUT2D eigenvalue weighted by atomic mass is 9.95. The first-order chi connectivity index (χ1) is 16.9. The van der Waals surface area contributed by atoms with Gasteiger partial charge in [0, 0.05) is 40.9 Å². The minimum atomic E-state index is -1.44. The van der Waals surface area contributed by atoms with Crippen LogP contribution in [-0.4, -0.2) is 72.1 Å². The summed E-state index contributed by atoms with van der Waals surface area (Å²) in [6.07, 6.45) is -0.704. The van der Waals surface area contributed by atoms with Crippen LogP contribution in [0.2, 0.25) is 5.02 Å². The van der Waals surface area contributed by atoms with E-state index in [0.717, 1.165) is 6.07 Å². The van der Waals surface area contributed by atoms with Crippen molar-refractivity contribution in [2.45, 2.75) is 19.2 Å². The van der Waals surface area contributed by atoms with Crippen molar-refractivity contribution >= 4 is 40.9 Å². The summed E-state index contributed by atoms with van der Waals surface area (Å²) in [6.45, 7) is 2.62. The fourth-order valence-corrected chi connectivity index (χ4v) is 4.65. The molecule has 2 aliphatic heterocycles. The maximum absolute atomic E-state index is 13.8. The fraction of sp³-hybridized carbons (Fsp3) is 0.364. The Labute approximate surface area is 209 Å². The molecular weight excluding hydrogens is 503 g/mol. The van der Waals surface area contributed by atoms with E-state index in [-0.39, 0.29) is 30.4 Å².